The molecule has 3 heterocycles. The molecule has 3 aromatic heterocycles. The molecule has 0 unspecified atom stereocenters. The summed E-state index contributed by atoms with van der Waals surface area (Å²) in [6.45, 7) is 0. The first-order chi connectivity index (χ1) is 18.2. The third-order valence-corrected chi connectivity index (χ3v) is 7.42. The van der Waals surface area contributed by atoms with Crippen molar-refractivity contribution in [3.63, 3.8) is 0 Å². The van der Waals surface area contributed by atoms with E-state index in [0.717, 1.165) is 6.07 Å². The highest BCUT2D eigenvalue weighted by molar-refractivity contribution is 7.92. The van der Waals surface area contributed by atoms with Crippen LogP contribution in [0.4, 0.5) is 10.2 Å². The highest BCUT2D eigenvalue weighted by atomic mass is 35.5. The van der Waals surface area contributed by atoms with Gasteiger partial charge in [-0.15, -0.1) is 0 Å². The van der Waals surface area contributed by atoms with E-state index in [0.29, 0.717) is 16.5 Å². The van der Waals surface area contributed by atoms with Crippen LogP contribution in [-0.4, -0.2) is 37.3 Å². The van der Waals surface area contributed by atoms with Crippen molar-refractivity contribution in [1.29, 1.82) is 0 Å². The summed E-state index contributed by atoms with van der Waals surface area (Å²) in [5.41, 5.74) is 0.380. The molecule has 0 aliphatic carbocycles. The molecule has 0 aliphatic heterocycles. The number of hydrogen-bond acceptors (Lipinski definition) is 8. The maximum absolute atomic E-state index is 15.5. The van der Waals surface area contributed by atoms with Gasteiger partial charge >= 0.3 is 0 Å². The molecule has 0 atom stereocenters. The Kier molecular flexibility index (Phi) is 6.51. The average molecular weight is 557 g/mol. The van der Waals surface area contributed by atoms with Gasteiger partial charge in [-0.3, -0.25) is 14.1 Å². The number of hydrogen-bond donors (Lipinski definition) is 1. The van der Waals surface area contributed by atoms with Crippen LogP contribution >= 0.6 is 11.6 Å². The molecule has 0 fully saturated rings. The molecular weight excluding hydrogens is 539 g/mol. The van der Waals surface area contributed by atoms with Crippen molar-refractivity contribution in [3.05, 3.63) is 88.3 Å². The zero-order chi connectivity index (χ0) is 27.0. The summed E-state index contributed by atoms with van der Waals surface area (Å²) < 4.78 is 59.9. The number of aromatic nitrogens is 3. The summed E-state index contributed by atoms with van der Waals surface area (Å²) >= 11 is 6.35. The Morgan fingerprint density at radius 2 is 1.84 bits per heavy atom. The molecule has 5 aromatic rings. The van der Waals surface area contributed by atoms with Gasteiger partial charge in [0.05, 0.1) is 30.3 Å². The summed E-state index contributed by atoms with van der Waals surface area (Å²) in [5, 5.41) is 4.06. The Hall–Kier alpha value is -4.42. The molecule has 10 nitrogen and oxygen atoms in total. The number of pyridine rings is 2. The number of nitrogens with one attached hydrogen (secondary N) is 1. The second-order valence-corrected chi connectivity index (χ2v) is 9.96. The van der Waals surface area contributed by atoms with Crippen LogP contribution in [0.2, 0.25) is 5.02 Å². The van der Waals surface area contributed by atoms with Gasteiger partial charge in [0.2, 0.25) is 5.88 Å². The summed E-state index contributed by atoms with van der Waals surface area (Å²) in [6.07, 6.45) is 2.66. The van der Waals surface area contributed by atoms with E-state index in [9.17, 15) is 13.2 Å². The quantitative estimate of drug-likeness (QED) is 0.307. The first-order valence-electron chi connectivity index (χ1n) is 10.9. The van der Waals surface area contributed by atoms with Crippen LogP contribution in [0.5, 0.6) is 11.6 Å². The smallest absolute Gasteiger partial charge is 0.263 e. The van der Waals surface area contributed by atoms with Crippen LogP contribution < -0.4 is 19.8 Å². The number of anilines is 1. The van der Waals surface area contributed by atoms with Gasteiger partial charge in [-0.1, -0.05) is 16.8 Å². The number of benzene rings is 2. The Bertz CT molecular complexity index is 1840. The molecule has 194 valence electrons. The minimum atomic E-state index is -4.00. The molecule has 1 N–H and O–H groups in total. The molecular formula is C25H18ClFN4O6S. The van der Waals surface area contributed by atoms with Crippen LogP contribution in [0.15, 0.2) is 81.3 Å². The van der Waals surface area contributed by atoms with E-state index in [1.165, 1.54) is 79.8 Å². The highest BCUT2D eigenvalue weighted by Gasteiger charge is 2.21. The van der Waals surface area contributed by atoms with Crippen LogP contribution in [0, 0.1) is 5.82 Å². The van der Waals surface area contributed by atoms with Gasteiger partial charge in [0.1, 0.15) is 22.9 Å². The topological polar surface area (TPSA) is 126 Å². The van der Waals surface area contributed by atoms with Crippen LogP contribution in [0.1, 0.15) is 0 Å². The molecule has 38 heavy (non-hydrogen) atoms. The van der Waals surface area contributed by atoms with Crippen molar-refractivity contribution in [1.82, 2.24) is 14.7 Å². The first-order valence-corrected chi connectivity index (χ1v) is 12.8. The van der Waals surface area contributed by atoms with Gasteiger partial charge in [0, 0.05) is 40.9 Å². The molecule has 5 rings (SSSR count). The highest BCUT2D eigenvalue weighted by Crippen LogP contribution is 2.39. The van der Waals surface area contributed by atoms with Crippen molar-refractivity contribution in [3.8, 4) is 28.4 Å². The maximum Gasteiger partial charge on any atom is 0.263 e. The van der Waals surface area contributed by atoms with Crippen molar-refractivity contribution < 1.29 is 26.8 Å². The SMILES string of the molecule is COc1cc(-c2ccnc(OC)c2Cl)c(F)cc1-n1c(=O)ccc2cc(S(=O)(=O)Nc3ccon3)ccc21. The van der Waals surface area contributed by atoms with E-state index in [4.69, 9.17) is 21.1 Å². The number of rotatable bonds is 7. The lowest BCUT2D eigenvalue weighted by molar-refractivity contribution is 0.398. The second-order valence-electron chi connectivity index (χ2n) is 7.90. The van der Waals surface area contributed by atoms with Crippen LogP contribution in [-0.2, 0) is 10.0 Å². The summed E-state index contributed by atoms with van der Waals surface area (Å²) in [6, 6.07) is 12.3. The van der Waals surface area contributed by atoms with Gasteiger partial charge in [0.25, 0.3) is 15.6 Å². The zero-order valence-corrected chi connectivity index (χ0v) is 21.4. The minimum absolute atomic E-state index is 0.0160. The van der Waals surface area contributed by atoms with Crippen LogP contribution in [0.25, 0.3) is 27.7 Å². The molecule has 0 spiro atoms. The van der Waals surface area contributed by atoms with Crippen molar-refractivity contribution >= 4 is 38.3 Å². The van der Waals surface area contributed by atoms with Crippen molar-refractivity contribution in [2.24, 2.45) is 0 Å². The molecule has 0 bridgehead atoms. The predicted octanol–water partition coefficient (Wildman–Crippen LogP) is 4.65. The lowest BCUT2D eigenvalue weighted by Gasteiger charge is -2.17. The number of fused-ring (bicyclic) bond motifs is 1. The molecule has 0 aliphatic rings. The van der Waals surface area contributed by atoms with Gasteiger partial charge < -0.3 is 14.0 Å². The van der Waals surface area contributed by atoms with E-state index < -0.39 is 21.4 Å². The predicted molar refractivity (Wildman–Crippen MR) is 138 cm³/mol. The van der Waals surface area contributed by atoms with Gasteiger partial charge in [-0.25, -0.2) is 17.8 Å². The Labute approximate surface area is 220 Å². The number of methoxy groups -OCH3 is 2. The second kappa shape index (κ2) is 9.80. The maximum atomic E-state index is 15.5. The largest absolute Gasteiger partial charge is 0.495 e. The summed E-state index contributed by atoms with van der Waals surface area (Å²) in [5.74, 6) is -0.369. The van der Waals surface area contributed by atoms with E-state index in [1.54, 1.807) is 0 Å². The minimum Gasteiger partial charge on any atom is -0.495 e. The fraction of sp³-hybridized carbons (Fsp3) is 0.0800. The number of halogens is 2. The van der Waals surface area contributed by atoms with E-state index in [1.807, 2.05) is 0 Å². The molecule has 0 radical (unpaired) electrons. The number of nitrogens with zero attached hydrogens (tertiary/aromatic N) is 3. The molecule has 2 aromatic carbocycles. The van der Waals surface area contributed by atoms with Gasteiger partial charge in [-0.2, -0.15) is 0 Å². The third kappa shape index (κ3) is 4.44. The Morgan fingerprint density at radius 3 is 2.55 bits per heavy atom. The lowest BCUT2D eigenvalue weighted by Crippen LogP contribution is -2.19. The molecule has 0 saturated heterocycles. The summed E-state index contributed by atoms with van der Waals surface area (Å²) in [7, 11) is -1.22. The fourth-order valence-electron chi connectivity index (χ4n) is 3.96. The van der Waals surface area contributed by atoms with Crippen molar-refractivity contribution in [2.45, 2.75) is 4.90 Å². The van der Waals surface area contributed by atoms with Crippen LogP contribution in [0.3, 0.4) is 0 Å². The third-order valence-electron chi connectivity index (χ3n) is 5.70. The number of sulfonamides is 1. The first kappa shape index (κ1) is 25.2. The Morgan fingerprint density at radius 1 is 1.03 bits per heavy atom. The van der Waals surface area contributed by atoms with E-state index >= 15 is 4.39 Å². The monoisotopic (exact) mass is 556 g/mol. The molecule has 0 saturated carbocycles. The van der Waals surface area contributed by atoms with Crippen molar-refractivity contribution in [2.75, 3.05) is 18.9 Å². The number of ether oxygens (including phenoxy) is 2. The zero-order valence-electron chi connectivity index (χ0n) is 19.8. The molecule has 13 heteroatoms. The molecule has 0 amide bonds. The standard InChI is InChI=1S/C25H18ClFN4O6S/c1-35-21-12-17(16-7-9-28-25(36-2)24(16)26)18(27)13-20(21)31-19-5-4-15(11-14(19)3-6-23(31)32)38(33,34)30-22-8-10-37-29-22/h3-13H,1-2H3,(H,29,30). The summed E-state index contributed by atoms with van der Waals surface area (Å²) in [4.78, 5) is 16.9. The average Bonchev–Trinajstić information content (AvgIpc) is 3.41. The van der Waals surface area contributed by atoms with E-state index in [2.05, 4.69) is 19.4 Å². The fourth-order valence-corrected chi connectivity index (χ4v) is 5.28. The van der Waals surface area contributed by atoms with Gasteiger partial charge in [0.15, 0.2) is 5.82 Å². The Balaban J connectivity index is 1.65. The normalized spacial score (nSPS) is 11.5. The van der Waals surface area contributed by atoms with E-state index in [-0.39, 0.29) is 38.6 Å². The van der Waals surface area contributed by atoms with Gasteiger partial charge in [-0.05, 0) is 36.4 Å². The lowest BCUT2D eigenvalue weighted by atomic mass is 10.0.